The summed E-state index contributed by atoms with van der Waals surface area (Å²) in [6, 6.07) is 6.17. The molecule has 22 heavy (non-hydrogen) atoms. The second-order valence-electron chi connectivity index (χ2n) is 4.76. The molecule has 0 atom stereocenters. The third kappa shape index (κ3) is 3.18. The van der Waals surface area contributed by atoms with Gasteiger partial charge >= 0.3 is 0 Å². The van der Waals surface area contributed by atoms with Gasteiger partial charge in [-0.05, 0) is 23.4 Å². The lowest BCUT2D eigenvalue weighted by atomic mass is 10.2. The minimum absolute atomic E-state index is 0.000818. The zero-order valence-corrected chi connectivity index (χ0v) is 12.4. The third-order valence-corrected chi connectivity index (χ3v) is 4.31. The largest absolute Gasteiger partial charge is 0.378 e. The van der Waals surface area contributed by atoms with Crippen molar-refractivity contribution in [1.29, 1.82) is 0 Å². The van der Waals surface area contributed by atoms with Gasteiger partial charge in [-0.15, -0.1) is 0 Å². The van der Waals surface area contributed by atoms with Gasteiger partial charge in [0, 0.05) is 25.2 Å². The number of ether oxygens (including phenoxy) is 1. The Morgan fingerprint density at radius 2 is 2.14 bits per heavy atom. The van der Waals surface area contributed by atoms with Gasteiger partial charge < -0.3 is 9.64 Å². The van der Waals surface area contributed by atoms with Crippen molar-refractivity contribution in [2.24, 2.45) is 4.99 Å². The van der Waals surface area contributed by atoms with Crippen LogP contribution in [-0.2, 0) is 9.53 Å². The second kappa shape index (κ2) is 6.29. The lowest BCUT2D eigenvalue weighted by molar-refractivity contribution is -0.384. The molecule has 0 aliphatic carbocycles. The van der Waals surface area contributed by atoms with Crippen LogP contribution in [-0.4, -0.2) is 47.2 Å². The van der Waals surface area contributed by atoms with Crippen LogP contribution >= 0.6 is 11.8 Å². The summed E-state index contributed by atoms with van der Waals surface area (Å²) in [6.45, 7) is 2.67. The SMILES string of the molecule is O=C1N=C(N2CCOCC2)S/C1=C/c1cccc([N+](=O)[O-])c1. The van der Waals surface area contributed by atoms with Crippen LogP contribution in [0.25, 0.3) is 6.08 Å². The van der Waals surface area contributed by atoms with Gasteiger partial charge in [-0.25, -0.2) is 0 Å². The molecule has 0 unspecified atom stereocenters. The highest BCUT2D eigenvalue weighted by Crippen LogP contribution is 2.31. The number of benzene rings is 1. The van der Waals surface area contributed by atoms with Crippen molar-refractivity contribution >= 4 is 34.6 Å². The molecule has 7 nitrogen and oxygen atoms in total. The number of hydrogen-bond acceptors (Lipinski definition) is 6. The number of nitro benzene ring substituents is 1. The Hall–Kier alpha value is -2.19. The van der Waals surface area contributed by atoms with E-state index in [1.165, 1.54) is 23.9 Å². The van der Waals surface area contributed by atoms with E-state index in [-0.39, 0.29) is 11.6 Å². The van der Waals surface area contributed by atoms with E-state index >= 15 is 0 Å². The Morgan fingerprint density at radius 1 is 1.36 bits per heavy atom. The first-order valence-corrected chi connectivity index (χ1v) is 7.55. The third-order valence-electron chi connectivity index (χ3n) is 3.27. The van der Waals surface area contributed by atoms with E-state index in [2.05, 4.69) is 4.99 Å². The number of carbonyl (C=O) groups excluding carboxylic acids is 1. The van der Waals surface area contributed by atoms with E-state index in [1.807, 2.05) is 4.90 Å². The van der Waals surface area contributed by atoms with Crippen molar-refractivity contribution in [3.8, 4) is 0 Å². The number of amidine groups is 1. The lowest BCUT2D eigenvalue weighted by Crippen LogP contribution is -2.38. The molecule has 0 radical (unpaired) electrons. The minimum Gasteiger partial charge on any atom is -0.378 e. The number of nitro groups is 1. The Labute approximate surface area is 130 Å². The molecule has 0 spiro atoms. The number of rotatable bonds is 2. The standard InChI is InChI=1S/C14H13N3O4S/c18-13-12(9-10-2-1-3-11(8-10)17(19)20)22-14(15-13)16-4-6-21-7-5-16/h1-3,8-9H,4-7H2/b12-9+. The fourth-order valence-electron chi connectivity index (χ4n) is 2.17. The minimum atomic E-state index is -0.457. The van der Waals surface area contributed by atoms with Gasteiger partial charge in [-0.3, -0.25) is 14.9 Å². The molecule has 1 fully saturated rings. The first kappa shape index (κ1) is 14.7. The van der Waals surface area contributed by atoms with Crippen molar-refractivity contribution in [3.63, 3.8) is 0 Å². The molecule has 1 saturated heterocycles. The summed E-state index contributed by atoms with van der Waals surface area (Å²) in [4.78, 5) is 28.9. The molecule has 0 N–H and O–H groups in total. The zero-order chi connectivity index (χ0) is 15.5. The number of non-ortho nitro benzene ring substituents is 1. The molecule has 2 aliphatic heterocycles. The highest BCUT2D eigenvalue weighted by molar-refractivity contribution is 8.18. The van der Waals surface area contributed by atoms with Crippen molar-refractivity contribution in [3.05, 3.63) is 44.8 Å². The number of nitrogens with zero attached hydrogens (tertiary/aromatic N) is 3. The van der Waals surface area contributed by atoms with E-state index in [4.69, 9.17) is 4.74 Å². The van der Waals surface area contributed by atoms with E-state index < -0.39 is 4.92 Å². The summed E-state index contributed by atoms with van der Waals surface area (Å²) in [6.07, 6.45) is 1.64. The maximum atomic E-state index is 12.0. The fourth-order valence-corrected chi connectivity index (χ4v) is 3.13. The van der Waals surface area contributed by atoms with Crippen LogP contribution in [0.2, 0.25) is 0 Å². The molecule has 1 aromatic carbocycles. The summed E-state index contributed by atoms with van der Waals surface area (Å²) < 4.78 is 5.27. The summed E-state index contributed by atoms with van der Waals surface area (Å²) in [5.74, 6) is -0.307. The molecule has 2 aliphatic rings. The Balaban J connectivity index is 1.77. The summed E-state index contributed by atoms with van der Waals surface area (Å²) in [5, 5.41) is 11.5. The van der Waals surface area contributed by atoms with Crippen LogP contribution in [0, 0.1) is 10.1 Å². The van der Waals surface area contributed by atoms with Crippen molar-refractivity contribution < 1.29 is 14.5 Å². The topological polar surface area (TPSA) is 85.0 Å². The molecular formula is C14H13N3O4S. The van der Waals surface area contributed by atoms with E-state index in [0.29, 0.717) is 41.9 Å². The summed E-state index contributed by atoms with van der Waals surface area (Å²) >= 11 is 1.30. The van der Waals surface area contributed by atoms with Gasteiger partial charge in [0.15, 0.2) is 5.17 Å². The Morgan fingerprint density at radius 3 is 2.86 bits per heavy atom. The maximum Gasteiger partial charge on any atom is 0.286 e. The van der Waals surface area contributed by atoms with E-state index in [0.717, 1.165) is 0 Å². The smallest absolute Gasteiger partial charge is 0.286 e. The van der Waals surface area contributed by atoms with Crippen LogP contribution in [0.3, 0.4) is 0 Å². The van der Waals surface area contributed by atoms with Gasteiger partial charge in [0.05, 0.1) is 23.0 Å². The van der Waals surface area contributed by atoms with Crippen LogP contribution in [0.4, 0.5) is 5.69 Å². The first-order chi connectivity index (χ1) is 10.6. The van der Waals surface area contributed by atoms with E-state index in [1.54, 1.807) is 18.2 Å². The molecule has 1 aromatic rings. The predicted molar refractivity (Wildman–Crippen MR) is 83.5 cm³/mol. The highest BCUT2D eigenvalue weighted by atomic mass is 32.2. The second-order valence-corrected chi connectivity index (χ2v) is 5.77. The zero-order valence-electron chi connectivity index (χ0n) is 11.6. The van der Waals surface area contributed by atoms with Crippen molar-refractivity contribution in [1.82, 2.24) is 4.90 Å². The predicted octanol–water partition coefficient (Wildman–Crippen LogP) is 1.90. The molecule has 114 valence electrons. The van der Waals surface area contributed by atoms with Crippen LogP contribution in [0.5, 0.6) is 0 Å². The van der Waals surface area contributed by atoms with Crippen LogP contribution in [0.15, 0.2) is 34.2 Å². The fraction of sp³-hybridized carbons (Fsp3) is 0.286. The van der Waals surface area contributed by atoms with Gasteiger partial charge in [0.1, 0.15) is 0 Å². The van der Waals surface area contributed by atoms with E-state index in [9.17, 15) is 14.9 Å². The van der Waals surface area contributed by atoms with Crippen molar-refractivity contribution in [2.75, 3.05) is 26.3 Å². The van der Waals surface area contributed by atoms with Gasteiger partial charge in [-0.1, -0.05) is 12.1 Å². The number of hydrogen-bond donors (Lipinski definition) is 0. The number of thioether (sulfide) groups is 1. The monoisotopic (exact) mass is 319 g/mol. The molecule has 0 saturated carbocycles. The molecule has 8 heteroatoms. The number of morpholine rings is 1. The first-order valence-electron chi connectivity index (χ1n) is 6.73. The average molecular weight is 319 g/mol. The highest BCUT2D eigenvalue weighted by Gasteiger charge is 2.27. The molecule has 3 rings (SSSR count). The van der Waals surface area contributed by atoms with Gasteiger partial charge in [-0.2, -0.15) is 4.99 Å². The number of amides is 1. The quantitative estimate of drug-likeness (QED) is 0.470. The molecule has 2 heterocycles. The van der Waals surface area contributed by atoms with Crippen molar-refractivity contribution in [2.45, 2.75) is 0 Å². The maximum absolute atomic E-state index is 12.0. The average Bonchev–Trinajstić information content (AvgIpc) is 2.89. The van der Waals surface area contributed by atoms with Gasteiger partial charge in [0.2, 0.25) is 0 Å². The lowest BCUT2D eigenvalue weighted by Gasteiger charge is -2.27. The van der Waals surface area contributed by atoms with Crippen LogP contribution in [0.1, 0.15) is 5.56 Å². The van der Waals surface area contributed by atoms with Crippen LogP contribution < -0.4 is 0 Å². The Bertz CT molecular complexity index is 680. The normalized spacial score (nSPS) is 20.4. The molecule has 1 amide bonds. The molecular weight excluding hydrogens is 306 g/mol. The molecule has 0 aromatic heterocycles. The van der Waals surface area contributed by atoms with Gasteiger partial charge in [0.25, 0.3) is 11.6 Å². The number of aliphatic imine (C=N–C) groups is 1. The summed E-state index contributed by atoms with van der Waals surface area (Å²) in [7, 11) is 0. The number of carbonyl (C=O) groups is 1. The molecule has 0 bridgehead atoms. The Kier molecular flexibility index (Phi) is 4.21. The summed E-state index contributed by atoms with van der Waals surface area (Å²) in [5.41, 5.74) is 0.614.